The summed E-state index contributed by atoms with van der Waals surface area (Å²) in [6.45, 7) is 2.11. The largest absolute Gasteiger partial charge is 0.382 e. The summed E-state index contributed by atoms with van der Waals surface area (Å²) in [4.78, 5) is 17.4. The molecular weight excluding hydrogens is 426 g/mol. The molecule has 3 N–H and O–H groups in total. The van der Waals surface area contributed by atoms with Crippen molar-refractivity contribution in [3.63, 3.8) is 0 Å². The minimum Gasteiger partial charge on any atom is -0.382 e. The van der Waals surface area contributed by atoms with Gasteiger partial charge in [0.05, 0.1) is 17.3 Å². The molecule has 0 unspecified atom stereocenters. The fourth-order valence-corrected chi connectivity index (χ4v) is 3.80. The van der Waals surface area contributed by atoms with Crippen LogP contribution in [0.2, 0.25) is 0 Å². The quantitative estimate of drug-likeness (QED) is 0.460. The van der Waals surface area contributed by atoms with Gasteiger partial charge in [0.15, 0.2) is 5.82 Å². The van der Waals surface area contributed by atoms with Crippen molar-refractivity contribution in [3.05, 3.63) is 64.1 Å². The summed E-state index contributed by atoms with van der Waals surface area (Å²) < 4.78 is 29.9. The van der Waals surface area contributed by atoms with Gasteiger partial charge in [-0.1, -0.05) is 31.9 Å². The van der Waals surface area contributed by atoms with Gasteiger partial charge in [0.25, 0.3) is 5.56 Å². The summed E-state index contributed by atoms with van der Waals surface area (Å²) in [6, 6.07) is 5.61. The first kappa shape index (κ1) is 23.9. The Labute approximate surface area is 190 Å². The molecular formula is C24H26F2N6O. The van der Waals surface area contributed by atoms with Crippen molar-refractivity contribution in [2.45, 2.75) is 39.0 Å². The SMILES string of the molecule is CCCC[C@H](CC#N)C/C=C/C(=NC)c1cn(-c2c(F)cccc2F)c(=O)c2c(N)n[nH]c12. The minimum atomic E-state index is -0.884. The first-order valence-corrected chi connectivity index (χ1v) is 10.8. The Kier molecular flexibility index (Phi) is 7.72. The van der Waals surface area contributed by atoms with Crippen LogP contribution in [0.3, 0.4) is 0 Å². The van der Waals surface area contributed by atoms with Crippen molar-refractivity contribution in [2.24, 2.45) is 10.9 Å². The number of aromatic nitrogens is 3. The van der Waals surface area contributed by atoms with Crippen LogP contribution >= 0.6 is 0 Å². The molecule has 0 saturated carbocycles. The zero-order valence-corrected chi connectivity index (χ0v) is 18.6. The number of H-pyrrole nitrogens is 1. The Hall–Kier alpha value is -3.80. The number of para-hydroxylation sites is 1. The molecule has 3 rings (SSSR count). The van der Waals surface area contributed by atoms with Crippen molar-refractivity contribution < 1.29 is 8.78 Å². The number of nitrogens with one attached hydrogen (secondary N) is 1. The Morgan fingerprint density at radius 2 is 2.12 bits per heavy atom. The summed E-state index contributed by atoms with van der Waals surface area (Å²) in [5, 5.41) is 15.8. The van der Waals surface area contributed by atoms with E-state index in [2.05, 4.69) is 28.2 Å². The van der Waals surface area contributed by atoms with Crippen molar-refractivity contribution in [3.8, 4) is 11.8 Å². The molecule has 0 aliphatic rings. The second-order valence-electron chi connectivity index (χ2n) is 7.76. The maximum Gasteiger partial charge on any atom is 0.268 e. The monoisotopic (exact) mass is 452 g/mol. The first-order chi connectivity index (χ1) is 15.9. The summed E-state index contributed by atoms with van der Waals surface area (Å²) in [6.07, 6.45) is 9.22. The van der Waals surface area contributed by atoms with Gasteiger partial charge in [0, 0.05) is 25.2 Å². The van der Waals surface area contributed by atoms with Crippen molar-refractivity contribution in [1.82, 2.24) is 14.8 Å². The van der Waals surface area contributed by atoms with E-state index >= 15 is 0 Å². The number of unbranched alkanes of at least 4 members (excludes halogenated alkanes) is 1. The zero-order valence-electron chi connectivity index (χ0n) is 18.6. The van der Waals surface area contributed by atoms with E-state index in [1.54, 1.807) is 13.1 Å². The lowest BCUT2D eigenvalue weighted by molar-refractivity contribution is 0.479. The van der Waals surface area contributed by atoms with Gasteiger partial charge in [0.1, 0.15) is 22.7 Å². The second kappa shape index (κ2) is 10.7. The third kappa shape index (κ3) is 5.00. The molecule has 0 aliphatic heterocycles. The number of rotatable bonds is 9. The van der Waals surface area contributed by atoms with Crippen LogP contribution in [-0.2, 0) is 0 Å². The molecule has 0 aliphatic carbocycles. The average Bonchev–Trinajstić information content (AvgIpc) is 3.18. The fourth-order valence-electron chi connectivity index (χ4n) is 3.80. The summed E-state index contributed by atoms with van der Waals surface area (Å²) in [5.74, 6) is -1.61. The number of aromatic amines is 1. The van der Waals surface area contributed by atoms with Crippen LogP contribution in [0.5, 0.6) is 0 Å². The molecule has 7 nitrogen and oxygen atoms in total. The topological polar surface area (TPSA) is 113 Å². The van der Waals surface area contributed by atoms with Crippen LogP contribution in [0.1, 0.15) is 44.6 Å². The fraction of sp³-hybridized carbons (Fsp3) is 0.333. The third-order valence-corrected chi connectivity index (χ3v) is 5.54. The maximum atomic E-state index is 14.5. The lowest BCUT2D eigenvalue weighted by atomic mass is 9.95. The van der Waals surface area contributed by atoms with Crippen molar-refractivity contribution in [1.29, 1.82) is 5.26 Å². The van der Waals surface area contributed by atoms with Crippen LogP contribution < -0.4 is 11.3 Å². The van der Waals surface area contributed by atoms with Gasteiger partial charge in [-0.15, -0.1) is 0 Å². The van der Waals surface area contributed by atoms with E-state index in [1.807, 2.05) is 6.08 Å². The Bertz CT molecular complexity index is 1280. The van der Waals surface area contributed by atoms with Crippen LogP contribution in [0.15, 0.2) is 46.3 Å². The molecule has 33 heavy (non-hydrogen) atoms. The molecule has 0 amide bonds. The Balaban J connectivity index is 2.09. The smallest absolute Gasteiger partial charge is 0.268 e. The number of anilines is 1. The maximum absolute atomic E-state index is 14.5. The highest BCUT2D eigenvalue weighted by molar-refractivity contribution is 6.16. The third-order valence-electron chi connectivity index (χ3n) is 5.54. The molecule has 0 radical (unpaired) electrons. The predicted octanol–water partition coefficient (Wildman–Crippen LogP) is 4.66. The number of hydrogen-bond donors (Lipinski definition) is 2. The van der Waals surface area contributed by atoms with Crippen LogP contribution in [-0.4, -0.2) is 27.5 Å². The van der Waals surface area contributed by atoms with Crippen molar-refractivity contribution in [2.75, 3.05) is 12.8 Å². The summed E-state index contributed by atoms with van der Waals surface area (Å²) in [5.41, 5.74) is 5.92. The molecule has 2 aromatic heterocycles. The number of nitrogens with two attached hydrogens (primary N) is 1. The number of hydrogen-bond acceptors (Lipinski definition) is 5. The number of allylic oxidation sites excluding steroid dienone is 2. The van der Waals surface area contributed by atoms with E-state index in [4.69, 9.17) is 11.0 Å². The highest BCUT2D eigenvalue weighted by Crippen LogP contribution is 2.24. The second-order valence-corrected chi connectivity index (χ2v) is 7.76. The number of nitrogen functional groups attached to an aromatic ring is 1. The number of benzene rings is 1. The van der Waals surface area contributed by atoms with E-state index in [0.717, 1.165) is 36.0 Å². The van der Waals surface area contributed by atoms with Gasteiger partial charge in [-0.25, -0.2) is 8.78 Å². The lowest BCUT2D eigenvalue weighted by Crippen LogP contribution is -2.22. The molecule has 172 valence electrons. The molecule has 0 saturated heterocycles. The van der Waals surface area contributed by atoms with Crippen molar-refractivity contribution >= 4 is 22.4 Å². The van der Waals surface area contributed by atoms with Gasteiger partial charge in [-0.05, 0) is 37.0 Å². The molecule has 0 bridgehead atoms. The number of aliphatic imine (C=N–C) groups is 1. The van der Waals surface area contributed by atoms with Crippen LogP contribution in [0, 0.1) is 28.9 Å². The number of pyridine rings is 1. The first-order valence-electron chi connectivity index (χ1n) is 10.8. The van der Waals surface area contributed by atoms with E-state index in [-0.39, 0.29) is 17.1 Å². The number of fused-ring (bicyclic) bond motifs is 1. The highest BCUT2D eigenvalue weighted by atomic mass is 19.1. The zero-order chi connectivity index (χ0) is 24.0. The molecule has 0 spiro atoms. The minimum absolute atomic E-state index is 0.0232. The van der Waals surface area contributed by atoms with Crippen LogP contribution in [0.25, 0.3) is 16.6 Å². The average molecular weight is 453 g/mol. The highest BCUT2D eigenvalue weighted by Gasteiger charge is 2.21. The van der Waals surface area contributed by atoms with E-state index < -0.39 is 22.9 Å². The van der Waals surface area contributed by atoms with Gasteiger partial charge < -0.3 is 5.73 Å². The number of nitriles is 1. The Morgan fingerprint density at radius 3 is 2.76 bits per heavy atom. The van der Waals surface area contributed by atoms with Crippen LogP contribution in [0.4, 0.5) is 14.6 Å². The summed E-state index contributed by atoms with van der Waals surface area (Å²) in [7, 11) is 1.58. The van der Waals surface area contributed by atoms with Gasteiger partial charge in [-0.2, -0.15) is 10.4 Å². The molecule has 1 aromatic carbocycles. The molecule has 0 fully saturated rings. The molecule has 1 atom stereocenters. The molecule has 2 heterocycles. The number of halogens is 2. The molecule has 3 aromatic rings. The normalized spacial score (nSPS) is 13.0. The predicted molar refractivity (Wildman–Crippen MR) is 125 cm³/mol. The number of nitrogens with zero attached hydrogens (tertiary/aromatic N) is 4. The summed E-state index contributed by atoms with van der Waals surface area (Å²) >= 11 is 0. The molecule has 9 heteroatoms. The van der Waals surface area contributed by atoms with Gasteiger partial charge in [-0.3, -0.25) is 19.5 Å². The van der Waals surface area contributed by atoms with E-state index in [0.29, 0.717) is 29.6 Å². The Morgan fingerprint density at radius 1 is 1.39 bits per heavy atom. The van der Waals surface area contributed by atoms with E-state index in [9.17, 15) is 13.6 Å². The van der Waals surface area contributed by atoms with Gasteiger partial charge in [0.2, 0.25) is 0 Å². The standard InChI is InChI=1S/C24H26F2N6O/c1-3-4-7-15(12-13-27)8-5-11-19(29-2)16-14-32(22-17(25)9-6-10-18(22)26)24(33)20-21(16)30-31-23(20)28/h5-6,9-11,14-15H,3-4,7-8,12H2,1-2H3,(H3,28,30,31)/b11-5+,29-19?/t15-/m0/s1. The van der Waals surface area contributed by atoms with E-state index in [1.165, 1.54) is 12.3 Å². The lowest BCUT2D eigenvalue weighted by Gasteiger charge is -2.12. The van der Waals surface area contributed by atoms with Gasteiger partial charge >= 0.3 is 0 Å².